The smallest absolute Gasteiger partial charge is 0.265 e. The second kappa shape index (κ2) is 11.6. The molecule has 0 spiro atoms. The maximum absolute atomic E-state index is 12.8. The average Bonchev–Trinajstić information content (AvgIpc) is 2.68. The molecule has 0 aromatic heterocycles. The molecule has 5 nitrogen and oxygen atoms in total. The van der Waals surface area contributed by atoms with Crippen molar-refractivity contribution in [2.75, 3.05) is 0 Å². The minimum atomic E-state index is -2.79. The monoisotopic (exact) mass is 404 g/mol. The van der Waals surface area contributed by atoms with Crippen LogP contribution in [0.4, 0.5) is 8.78 Å². The van der Waals surface area contributed by atoms with E-state index in [2.05, 4.69) is 6.92 Å². The average molecular weight is 404 g/mol. The molecule has 0 fully saturated rings. The molecule has 0 heterocycles. The molecule has 156 valence electrons. The van der Waals surface area contributed by atoms with Gasteiger partial charge in [-0.05, 0) is 54.7 Å². The standard InChI is InChI=1S/C14H16F2N2O2.C8H10O/c1-8(2)5-12(14(18)19)20-10-4-3-9(7-17)11(6-10)13(15)16;1-2-7-3-5-8(9)6-4-7/h3-4,6,8,12-13H,5H2,1-2H3,(H2,18,19);3-6,9H,2H2,1H3. The Hall–Kier alpha value is -3.14. The summed E-state index contributed by atoms with van der Waals surface area (Å²) in [4.78, 5) is 11.3. The molecule has 2 aromatic carbocycles. The Morgan fingerprint density at radius 3 is 2.28 bits per heavy atom. The van der Waals surface area contributed by atoms with Gasteiger partial charge in [0, 0.05) is 5.56 Å². The molecular weight excluding hydrogens is 378 g/mol. The second-order valence-corrected chi connectivity index (χ2v) is 6.82. The number of nitrogens with zero attached hydrogens (tertiary/aromatic N) is 1. The molecule has 1 amide bonds. The van der Waals surface area contributed by atoms with Gasteiger partial charge in [-0.15, -0.1) is 0 Å². The predicted molar refractivity (Wildman–Crippen MR) is 107 cm³/mol. The van der Waals surface area contributed by atoms with E-state index < -0.39 is 24.0 Å². The van der Waals surface area contributed by atoms with E-state index in [1.54, 1.807) is 18.2 Å². The van der Waals surface area contributed by atoms with Crippen molar-refractivity contribution in [2.45, 2.75) is 46.1 Å². The number of phenols is 1. The van der Waals surface area contributed by atoms with Crippen LogP contribution in [0.15, 0.2) is 42.5 Å². The maximum atomic E-state index is 12.8. The van der Waals surface area contributed by atoms with Gasteiger partial charge in [0.25, 0.3) is 12.3 Å². The van der Waals surface area contributed by atoms with Crippen molar-refractivity contribution in [2.24, 2.45) is 11.7 Å². The molecule has 3 N–H and O–H groups in total. The van der Waals surface area contributed by atoms with E-state index in [0.29, 0.717) is 12.2 Å². The van der Waals surface area contributed by atoms with Gasteiger partial charge >= 0.3 is 0 Å². The van der Waals surface area contributed by atoms with Gasteiger partial charge in [0.2, 0.25) is 0 Å². The zero-order chi connectivity index (χ0) is 22.0. The number of aryl methyl sites for hydroxylation is 1. The van der Waals surface area contributed by atoms with Crippen LogP contribution < -0.4 is 10.5 Å². The molecule has 0 radical (unpaired) electrons. The number of amides is 1. The lowest BCUT2D eigenvalue weighted by molar-refractivity contribution is -0.125. The van der Waals surface area contributed by atoms with E-state index in [-0.39, 0.29) is 17.2 Å². The highest BCUT2D eigenvalue weighted by Gasteiger charge is 2.20. The predicted octanol–water partition coefficient (Wildman–Crippen LogP) is 4.73. The van der Waals surface area contributed by atoms with Gasteiger partial charge in [0.15, 0.2) is 6.10 Å². The Morgan fingerprint density at radius 2 is 1.83 bits per heavy atom. The summed E-state index contributed by atoms with van der Waals surface area (Å²) < 4.78 is 31.0. The molecule has 0 aliphatic heterocycles. The van der Waals surface area contributed by atoms with Crippen LogP contribution in [0.3, 0.4) is 0 Å². The molecule has 0 aliphatic carbocycles. The summed E-state index contributed by atoms with van der Waals surface area (Å²) in [5.41, 5.74) is 5.94. The van der Waals surface area contributed by atoms with Crippen LogP contribution >= 0.6 is 0 Å². The zero-order valence-corrected chi connectivity index (χ0v) is 16.7. The van der Waals surface area contributed by atoms with Crippen LogP contribution in [0.25, 0.3) is 0 Å². The molecule has 1 unspecified atom stereocenters. The second-order valence-electron chi connectivity index (χ2n) is 6.82. The quantitative estimate of drug-likeness (QED) is 0.697. The van der Waals surface area contributed by atoms with Crippen LogP contribution in [-0.4, -0.2) is 17.1 Å². The zero-order valence-electron chi connectivity index (χ0n) is 16.7. The van der Waals surface area contributed by atoms with Crippen LogP contribution in [-0.2, 0) is 11.2 Å². The number of nitriles is 1. The lowest BCUT2D eigenvalue weighted by atomic mass is 10.1. The lowest BCUT2D eigenvalue weighted by Crippen LogP contribution is -2.34. The van der Waals surface area contributed by atoms with Crippen LogP contribution in [0.1, 0.15) is 50.3 Å². The van der Waals surface area contributed by atoms with Gasteiger partial charge in [0.05, 0.1) is 11.6 Å². The van der Waals surface area contributed by atoms with Crippen molar-refractivity contribution in [3.63, 3.8) is 0 Å². The Kier molecular flexibility index (Phi) is 9.60. The van der Waals surface area contributed by atoms with Crippen molar-refractivity contribution < 1.29 is 23.4 Å². The number of carbonyl (C=O) groups is 1. The molecular formula is C22H26F2N2O3. The van der Waals surface area contributed by atoms with Crippen molar-refractivity contribution in [1.82, 2.24) is 0 Å². The maximum Gasteiger partial charge on any atom is 0.265 e. The first kappa shape index (κ1) is 23.9. The fraction of sp³-hybridized carbons (Fsp3) is 0.364. The van der Waals surface area contributed by atoms with Gasteiger partial charge in [-0.3, -0.25) is 4.79 Å². The van der Waals surface area contributed by atoms with Crippen molar-refractivity contribution in [3.05, 3.63) is 59.2 Å². The van der Waals surface area contributed by atoms with E-state index >= 15 is 0 Å². The number of hydrogen-bond donors (Lipinski definition) is 2. The Labute approximate surface area is 169 Å². The van der Waals surface area contributed by atoms with E-state index in [1.807, 2.05) is 26.0 Å². The number of halogens is 2. The van der Waals surface area contributed by atoms with Gasteiger partial charge in [-0.2, -0.15) is 5.26 Å². The summed E-state index contributed by atoms with van der Waals surface area (Å²) in [5.74, 6) is -0.0435. The molecule has 0 saturated carbocycles. The number of phenolic OH excluding ortho intramolecular Hbond substituents is 1. The van der Waals surface area contributed by atoms with Gasteiger partial charge in [0.1, 0.15) is 11.5 Å². The summed E-state index contributed by atoms with van der Waals surface area (Å²) >= 11 is 0. The largest absolute Gasteiger partial charge is 0.508 e. The SMILES string of the molecule is CC(C)CC(Oc1ccc(C#N)c(C(F)F)c1)C(N)=O.CCc1ccc(O)cc1. The number of primary amides is 1. The number of rotatable bonds is 7. The highest BCUT2D eigenvalue weighted by Crippen LogP contribution is 2.27. The summed E-state index contributed by atoms with van der Waals surface area (Å²) in [5, 5.41) is 17.6. The summed E-state index contributed by atoms with van der Waals surface area (Å²) in [7, 11) is 0. The Bertz CT molecular complexity index is 831. The number of nitrogens with two attached hydrogens (primary N) is 1. The van der Waals surface area contributed by atoms with Crippen molar-refractivity contribution in [1.29, 1.82) is 5.26 Å². The third kappa shape index (κ3) is 8.18. The highest BCUT2D eigenvalue weighted by molar-refractivity contribution is 5.79. The van der Waals surface area contributed by atoms with Crippen LogP contribution in [0, 0.1) is 17.2 Å². The van der Waals surface area contributed by atoms with Crippen LogP contribution in [0.2, 0.25) is 0 Å². The fourth-order valence-corrected chi connectivity index (χ4v) is 2.44. The lowest BCUT2D eigenvalue weighted by Gasteiger charge is -2.18. The molecule has 0 aliphatic rings. The minimum absolute atomic E-state index is 0.101. The molecule has 29 heavy (non-hydrogen) atoms. The number of carbonyl (C=O) groups excluding carboxylic acids is 1. The number of ether oxygens (including phenoxy) is 1. The van der Waals surface area contributed by atoms with Gasteiger partial charge in [-0.1, -0.05) is 32.9 Å². The third-order valence-electron chi connectivity index (χ3n) is 4.00. The van der Waals surface area contributed by atoms with Crippen LogP contribution in [0.5, 0.6) is 11.5 Å². The van der Waals surface area contributed by atoms with E-state index in [0.717, 1.165) is 12.5 Å². The number of hydrogen-bond acceptors (Lipinski definition) is 4. The molecule has 2 rings (SSSR count). The first-order valence-electron chi connectivity index (χ1n) is 9.23. The number of benzene rings is 2. The molecule has 7 heteroatoms. The minimum Gasteiger partial charge on any atom is -0.508 e. The Balaban J connectivity index is 0.000000387. The first-order valence-corrected chi connectivity index (χ1v) is 9.23. The van der Waals surface area contributed by atoms with Crippen molar-refractivity contribution in [3.8, 4) is 17.6 Å². The summed E-state index contributed by atoms with van der Waals surface area (Å²) in [6, 6.07) is 12.6. The molecule has 0 bridgehead atoms. The first-order chi connectivity index (χ1) is 13.7. The number of alkyl halides is 2. The van der Waals surface area contributed by atoms with E-state index in [1.165, 1.54) is 17.7 Å². The molecule has 1 atom stereocenters. The number of aromatic hydroxyl groups is 1. The third-order valence-corrected chi connectivity index (χ3v) is 4.00. The normalized spacial score (nSPS) is 11.4. The molecule has 0 saturated heterocycles. The Morgan fingerprint density at radius 1 is 1.21 bits per heavy atom. The van der Waals surface area contributed by atoms with E-state index in [9.17, 15) is 13.6 Å². The van der Waals surface area contributed by atoms with Crippen molar-refractivity contribution >= 4 is 5.91 Å². The topological polar surface area (TPSA) is 96.3 Å². The summed E-state index contributed by atoms with van der Waals surface area (Å²) in [6.07, 6.45) is -2.25. The van der Waals surface area contributed by atoms with Gasteiger partial charge in [-0.25, -0.2) is 8.78 Å². The fourth-order valence-electron chi connectivity index (χ4n) is 2.44. The summed E-state index contributed by atoms with van der Waals surface area (Å²) in [6.45, 7) is 5.87. The highest BCUT2D eigenvalue weighted by atomic mass is 19.3. The van der Waals surface area contributed by atoms with E-state index in [4.69, 9.17) is 20.8 Å². The molecule has 2 aromatic rings. The van der Waals surface area contributed by atoms with Gasteiger partial charge < -0.3 is 15.6 Å².